The average Bonchev–Trinajstić information content (AvgIpc) is 2.63. The molecule has 0 atom stereocenters. The van der Waals surface area contributed by atoms with Crippen molar-refractivity contribution in [3.05, 3.63) is 23.3 Å². The number of rotatable bonds is 8. The highest BCUT2D eigenvalue weighted by Gasteiger charge is 2.55. The van der Waals surface area contributed by atoms with Crippen LogP contribution in [0.15, 0.2) is 17.0 Å². The molecule has 0 heterocycles. The summed E-state index contributed by atoms with van der Waals surface area (Å²) >= 11 is 1.93. The van der Waals surface area contributed by atoms with E-state index in [1.165, 1.54) is 55.6 Å². The van der Waals surface area contributed by atoms with E-state index in [1.807, 2.05) is 11.8 Å². The van der Waals surface area contributed by atoms with Gasteiger partial charge in [-0.05, 0) is 106 Å². The molecule has 0 saturated heterocycles. The molecule has 0 spiro atoms. The Balaban J connectivity index is 1.41. The van der Waals surface area contributed by atoms with Gasteiger partial charge in [-0.25, -0.2) is 0 Å². The number of unbranched alkanes of at least 4 members (excludes halogenated alkanes) is 3. The van der Waals surface area contributed by atoms with Crippen molar-refractivity contribution in [2.75, 3.05) is 5.75 Å². The molecule has 4 saturated carbocycles. The molecule has 2 nitrogen and oxygen atoms in total. The third kappa shape index (κ3) is 4.15. The highest BCUT2D eigenvalue weighted by atomic mass is 32.2. The molecule has 4 bridgehead atoms. The summed E-state index contributed by atoms with van der Waals surface area (Å²) in [5.74, 6) is 4.37. The van der Waals surface area contributed by atoms with Crippen LogP contribution in [0.4, 0.5) is 0 Å². The first-order valence-corrected chi connectivity index (χ1v) is 12.4. The van der Waals surface area contributed by atoms with Gasteiger partial charge < -0.3 is 4.74 Å². The summed E-state index contributed by atoms with van der Waals surface area (Å²) in [6.45, 7) is 6.44. The fourth-order valence-electron chi connectivity index (χ4n) is 6.44. The zero-order valence-corrected chi connectivity index (χ0v) is 18.7. The van der Waals surface area contributed by atoms with Gasteiger partial charge in [-0.2, -0.15) is 0 Å². The fourth-order valence-corrected chi connectivity index (χ4v) is 7.54. The molecule has 28 heavy (non-hydrogen) atoms. The summed E-state index contributed by atoms with van der Waals surface area (Å²) < 4.78 is 6.13. The van der Waals surface area contributed by atoms with E-state index >= 15 is 0 Å². The summed E-state index contributed by atoms with van der Waals surface area (Å²) in [5, 5.41) is 0. The van der Waals surface area contributed by atoms with Crippen molar-refractivity contribution in [3.63, 3.8) is 0 Å². The van der Waals surface area contributed by atoms with E-state index in [0.717, 1.165) is 53.9 Å². The molecular formula is C25H36O2S. The van der Waals surface area contributed by atoms with Crippen LogP contribution in [0.5, 0.6) is 5.75 Å². The Morgan fingerprint density at radius 2 is 1.57 bits per heavy atom. The molecule has 4 fully saturated rings. The van der Waals surface area contributed by atoms with Crippen LogP contribution in [-0.2, 0) is 4.79 Å². The first-order valence-electron chi connectivity index (χ1n) is 11.5. The van der Waals surface area contributed by atoms with Crippen molar-refractivity contribution in [1.29, 1.82) is 0 Å². The lowest BCUT2D eigenvalue weighted by Gasteiger charge is -2.55. The van der Waals surface area contributed by atoms with E-state index in [1.54, 1.807) is 0 Å². The highest BCUT2D eigenvalue weighted by molar-refractivity contribution is 7.99. The van der Waals surface area contributed by atoms with Gasteiger partial charge in [0.2, 0.25) is 0 Å². The SMILES string of the molecule is CCCCCCSc1cc(C)c(OC(=O)C23CC4CC(CC(C4)C2)C3)c(C)c1. The molecule has 0 N–H and O–H groups in total. The molecule has 0 aromatic heterocycles. The first-order chi connectivity index (χ1) is 13.5. The highest BCUT2D eigenvalue weighted by Crippen LogP contribution is 2.60. The van der Waals surface area contributed by atoms with Crippen molar-refractivity contribution >= 4 is 17.7 Å². The zero-order chi connectivity index (χ0) is 19.7. The summed E-state index contributed by atoms with van der Waals surface area (Å²) in [7, 11) is 0. The summed E-state index contributed by atoms with van der Waals surface area (Å²) in [6.07, 6.45) is 12.5. The zero-order valence-electron chi connectivity index (χ0n) is 17.9. The van der Waals surface area contributed by atoms with Crippen molar-refractivity contribution < 1.29 is 9.53 Å². The van der Waals surface area contributed by atoms with Crippen molar-refractivity contribution in [2.24, 2.45) is 23.2 Å². The van der Waals surface area contributed by atoms with Gasteiger partial charge in [0.05, 0.1) is 5.41 Å². The van der Waals surface area contributed by atoms with E-state index < -0.39 is 0 Å². The molecule has 0 radical (unpaired) electrons. The van der Waals surface area contributed by atoms with E-state index in [2.05, 4.69) is 32.9 Å². The lowest BCUT2D eigenvalue weighted by atomic mass is 9.49. The van der Waals surface area contributed by atoms with Crippen LogP contribution in [0.2, 0.25) is 0 Å². The third-order valence-electron chi connectivity index (χ3n) is 7.37. The molecular weight excluding hydrogens is 364 g/mol. The second kappa shape index (κ2) is 8.42. The number of hydrogen-bond donors (Lipinski definition) is 0. The van der Waals surface area contributed by atoms with Crippen LogP contribution < -0.4 is 4.74 Å². The number of carbonyl (C=O) groups is 1. The Labute approximate surface area is 175 Å². The van der Waals surface area contributed by atoms with Gasteiger partial charge in [0.25, 0.3) is 0 Å². The van der Waals surface area contributed by atoms with Crippen molar-refractivity contribution in [1.82, 2.24) is 0 Å². The third-order valence-corrected chi connectivity index (χ3v) is 8.43. The first kappa shape index (κ1) is 20.3. The van der Waals surface area contributed by atoms with Crippen LogP contribution in [0.1, 0.15) is 82.3 Å². The molecule has 5 rings (SSSR count). The molecule has 4 aliphatic carbocycles. The van der Waals surface area contributed by atoms with Gasteiger partial charge in [-0.15, -0.1) is 11.8 Å². The molecule has 4 aliphatic rings. The molecule has 154 valence electrons. The molecule has 3 heteroatoms. The largest absolute Gasteiger partial charge is 0.426 e. The minimum Gasteiger partial charge on any atom is -0.426 e. The van der Waals surface area contributed by atoms with Crippen LogP contribution in [0, 0.1) is 37.0 Å². The van der Waals surface area contributed by atoms with Gasteiger partial charge in [0.15, 0.2) is 0 Å². The van der Waals surface area contributed by atoms with Crippen LogP contribution >= 0.6 is 11.8 Å². The monoisotopic (exact) mass is 400 g/mol. The number of esters is 1. The Kier molecular flexibility index (Phi) is 6.11. The molecule has 0 aliphatic heterocycles. The van der Waals surface area contributed by atoms with Crippen LogP contribution in [0.25, 0.3) is 0 Å². The number of thioether (sulfide) groups is 1. The minimum atomic E-state index is -0.180. The van der Waals surface area contributed by atoms with Gasteiger partial charge in [-0.3, -0.25) is 4.79 Å². The maximum absolute atomic E-state index is 13.3. The fraction of sp³-hybridized carbons (Fsp3) is 0.720. The van der Waals surface area contributed by atoms with Gasteiger partial charge in [0.1, 0.15) is 5.75 Å². The predicted molar refractivity (Wildman–Crippen MR) is 117 cm³/mol. The smallest absolute Gasteiger partial charge is 0.317 e. The minimum absolute atomic E-state index is 0.0674. The summed E-state index contributed by atoms with van der Waals surface area (Å²) in [5.41, 5.74) is 2.03. The molecule has 0 unspecified atom stereocenters. The van der Waals surface area contributed by atoms with Crippen LogP contribution in [-0.4, -0.2) is 11.7 Å². The predicted octanol–water partition coefficient (Wildman–Crippen LogP) is 7.10. The second-order valence-electron chi connectivity index (χ2n) is 9.88. The van der Waals surface area contributed by atoms with E-state index in [0.29, 0.717) is 0 Å². The molecule has 0 amide bonds. The molecule has 1 aromatic rings. The van der Waals surface area contributed by atoms with Gasteiger partial charge in [-0.1, -0.05) is 26.2 Å². The maximum Gasteiger partial charge on any atom is 0.317 e. The average molecular weight is 401 g/mol. The Hall–Kier alpha value is -0.960. The maximum atomic E-state index is 13.3. The number of carbonyl (C=O) groups excluding carboxylic acids is 1. The normalized spacial score (nSPS) is 30.6. The quantitative estimate of drug-likeness (QED) is 0.201. The standard InChI is InChI=1S/C25H36O2S/c1-4-5-6-7-8-28-22-9-17(2)23(18(3)10-22)27-24(26)25-14-19-11-20(15-25)13-21(12-19)16-25/h9-10,19-21H,4-8,11-16H2,1-3H3. The Morgan fingerprint density at radius 3 is 2.11 bits per heavy atom. The molecule has 1 aromatic carbocycles. The van der Waals surface area contributed by atoms with E-state index in [-0.39, 0.29) is 11.4 Å². The Morgan fingerprint density at radius 1 is 1.00 bits per heavy atom. The van der Waals surface area contributed by atoms with Gasteiger partial charge >= 0.3 is 5.97 Å². The van der Waals surface area contributed by atoms with Gasteiger partial charge in [0, 0.05) is 4.90 Å². The number of ether oxygens (including phenoxy) is 1. The lowest BCUT2D eigenvalue weighted by molar-refractivity contribution is -0.161. The van der Waals surface area contributed by atoms with Crippen LogP contribution in [0.3, 0.4) is 0 Å². The van der Waals surface area contributed by atoms with E-state index in [4.69, 9.17) is 4.74 Å². The summed E-state index contributed by atoms with van der Waals surface area (Å²) in [6, 6.07) is 4.42. The Bertz CT molecular complexity index is 665. The topological polar surface area (TPSA) is 26.3 Å². The number of hydrogen-bond acceptors (Lipinski definition) is 3. The summed E-state index contributed by atoms with van der Waals surface area (Å²) in [4.78, 5) is 14.6. The second-order valence-corrected chi connectivity index (χ2v) is 11.1. The lowest BCUT2D eigenvalue weighted by Crippen LogP contribution is -2.51. The van der Waals surface area contributed by atoms with E-state index in [9.17, 15) is 4.79 Å². The van der Waals surface area contributed by atoms with Crippen molar-refractivity contribution in [2.45, 2.75) is 89.9 Å². The number of benzene rings is 1. The van der Waals surface area contributed by atoms with Crippen molar-refractivity contribution in [3.8, 4) is 5.75 Å². The number of aryl methyl sites for hydroxylation is 2.